The lowest BCUT2D eigenvalue weighted by Gasteiger charge is -2.39. The minimum atomic E-state index is -4.66. The van der Waals surface area contributed by atoms with E-state index in [0.717, 1.165) is 61.3 Å². The van der Waals surface area contributed by atoms with Crippen LogP contribution in [0.1, 0.15) is 103 Å². The molecule has 1 atom stereocenters. The van der Waals surface area contributed by atoms with Gasteiger partial charge in [-0.3, -0.25) is 25.3 Å². The zero-order chi connectivity index (χ0) is 30.4. The normalized spacial score (nSPS) is 18.9. The third kappa shape index (κ3) is 9.02. The van der Waals surface area contributed by atoms with Crippen molar-refractivity contribution in [1.29, 1.82) is 0 Å². The van der Waals surface area contributed by atoms with Gasteiger partial charge in [-0.25, -0.2) is 4.79 Å². The Balaban J connectivity index is 2.09. The Kier molecular flexibility index (Phi) is 11.4. The number of nitrogens with one attached hydrogen (secondary N) is 2. The van der Waals surface area contributed by atoms with Crippen molar-refractivity contribution in [3.8, 4) is 0 Å². The van der Waals surface area contributed by atoms with Gasteiger partial charge in [0.05, 0.1) is 12.2 Å². The van der Waals surface area contributed by atoms with E-state index in [0.29, 0.717) is 5.75 Å². The summed E-state index contributed by atoms with van der Waals surface area (Å²) in [6.07, 6.45) is 0.786. The molecule has 0 saturated carbocycles. The number of nitrogens with zero attached hydrogens (tertiary/aromatic N) is 1. The minimum Gasteiger partial charge on any atom is -0.444 e. The number of hydrogen-bond acceptors (Lipinski definition) is 6. The number of amides is 3. The molecule has 2 rings (SSSR count). The second-order valence-electron chi connectivity index (χ2n) is 11.6. The van der Waals surface area contributed by atoms with Crippen molar-refractivity contribution in [2.75, 3.05) is 12.4 Å². The first-order valence-corrected chi connectivity index (χ1v) is 14.5. The summed E-state index contributed by atoms with van der Waals surface area (Å²) in [6.45, 7) is 11.6. The summed E-state index contributed by atoms with van der Waals surface area (Å²) in [5, 5.41) is 0. The Morgan fingerprint density at radius 1 is 1.02 bits per heavy atom. The zero-order valence-electron chi connectivity index (χ0n) is 24.4. The lowest BCUT2D eigenvalue weighted by molar-refractivity contribution is -0.139. The van der Waals surface area contributed by atoms with E-state index in [2.05, 4.69) is 17.8 Å². The highest BCUT2D eigenvalue weighted by atomic mass is 32.2. The highest BCUT2D eigenvalue weighted by molar-refractivity contribution is 7.99. The van der Waals surface area contributed by atoms with Gasteiger partial charge in [0.25, 0.3) is 11.8 Å². The van der Waals surface area contributed by atoms with Crippen molar-refractivity contribution in [3.63, 3.8) is 0 Å². The van der Waals surface area contributed by atoms with E-state index in [4.69, 9.17) is 9.47 Å². The summed E-state index contributed by atoms with van der Waals surface area (Å²) in [6, 6.07) is 3.35. The molecular weight excluding hydrogens is 547 g/mol. The van der Waals surface area contributed by atoms with Crippen LogP contribution >= 0.6 is 11.8 Å². The number of hydrogen-bond donors (Lipinski definition) is 2. The van der Waals surface area contributed by atoms with Crippen LogP contribution in [0, 0.1) is 0 Å². The Bertz CT molecular complexity index is 1060. The number of carbonyl (C=O) groups excluding carboxylic acids is 3. The van der Waals surface area contributed by atoms with Gasteiger partial charge in [0.15, 0.2) is 0 Å². The molecule has 1 aliphatic rings. The Morgan fingerprint density at radius 2 is 1.65 bits per heavy atom. The Morgan fingerprint density at radius 3 is 2.25 bits per heavy atom. The fourth-order valence-corrected chi connectivity index (χ4v) is 5.40. The van der Waals surface area contributed by atoms with Crippen molar-refractivity contribution >= 4 is 29.7 Å². The molecule has 40 heavy (non-hydrogen) atoms. The summed E-state index contributed by atoms with van der Waals surface area (Å²) in [5.41, 5.74) is -0.372. The summed E-state index contributed by atoms with van der Waals surface area (Å²) >= 11 is 1.11. The molecule has 226 valence electrons. The molecule has 1 aromatic carbocycles. The van der Waals surface area contributed by atoms with Crippen LogP contribution in [0.4, 0.5) is 18.0 Å². The number of rotatable bonds is 10. The Labute approximate surface area is 239 Å². The molecule has 0 bridgehead atoms. The maximum atomic E-state index is 13.8. The van der Waals surface area contributed by atoms with Crippen LogP contribution in [0.25, 0.3) is 0 Å². The summed E-state index contributed by atoms with van der Waals surface area (Å²) < 4.78 is 52.5. The molecule has 0 spiro atoms. The topological polar surface area (TPSA) is 97.0 Å². The van der Waals surface area contributed by atoms with E-state index in [9.17, 15) is 27.6 Å². The molecule has 1 fully saturated rings. The quantitative estimate of drug-likeness (QED) is 0.180. The van der Waals surface area contributed by atoms with Crippen molar-refractivity contribution in [3.05, 3.63) is 29.3 Å². The van der Waals surface area contributed by atoms with Gasteiger partial charge in [0, 0.05) is 10.5 Å². The first-order chi connectivity index (χ1) is 18.4. The highest BCUT2D eigenvalue weighted by Crippen LogP contribution is 2.38. The van der Waals surface area contributed by atoms with Gasteiger partial charge >= 0.3 is 12.3 Å². The molecule has 1 unspecified atom stereocenters. The van der Waals surface area contributed by atoms with Crippen LogP contribution in [0.15, 0.2) is 23.1 Å². The summed E-state index contributed by atoms with van der Waals surface area (Å²) in [5.74, 6) is -1.18. The van der Waals surface area contributed by atoms with Crippen molar-refractivity contribution in [1.82, 2.24) is 15.8 Å². The maximum Gasteiger partial charge on any atom is 0.417 e. The van der Waals surface area contributed by atoms with Gasteiger partial charge in [0.1, 0.15) is 16.9 Å². The fraction of sp³-hybridized carbons (Fsp3) is 0.679. The van der Waals surface area contributed by atoms with Gasteiger partial charge < -0.3 is 9.47 Å². The number of halogens is 3. The average molecular weight is 590 g/mol. The molecule has 1 aromatic rings. The molecule has 12 heteroatoms. The molecule has 1 aliphatic heterocycles. The van der Waals surface area contributed by atoms with Crippen LogP contribution in [-0.4, -0.2) is 52.0 Å². The van der Waals surface area contributed by atoms with Crippen LogP contribution in [0.2, 0.25) is 0 Å². The lowest BCUT2D eigenvalue weighted by atomic mass is 10.0. The largest absolute Gasteiger partial charge is 0.444 e. The van der Waals surface area contributed by atoms with Crippen molar-refractivity contribution in [2.24, 2.45) is 0 Å². The summed E-state index contributed by atoms with van der Waals surface area (Å²) in [4.78, 5) is 40.0. The number of carbonyl (C=O) groups is 3. The van der Waals surface area contributed by atoms with E-state index in [1.807, 2.05) is 0 Å². The molecule has 0 radical (unpaired) electrons. The lowest BCUT2D eigenvalue weighted by Crippen LogP contribution is -2.63. The van der Waals surface area contributed by atoms with Crippen LogP contribution in [0.5, 0.6) is 0 Å². The molecule has 8 nitrogen and oxygen atoms in total. The second-order valence-corrected chi connectivity index (χ2v) is 12.7. The number of unbranched alkanes of at least 4 members (excludes halogenated alkanes) is 5. The molecule has 2 N–H and O–H groups in total. The molecule has 1 heterocycles. The smallest absolute Gasteiger partial charge is 0.417 e. The molecule has 3 amide bonds. The van der Waals surface area contributed by atoms with Crippen molar-refractivity contribution < 1.29 is 37.0 Å². The fourth-order valence-electron chi connectivity index (χ4n) is 4.34. The highest BCUT2D eigenvalue weighted by Gasteiger charge is 2.57. The number of alkyl halides is 3. The SMILES string of the molecule is CCCCCCCCSc1ccc(C(=O)NNC(=O)C2(C)COC(C)(C)N2C(=O)OC(C)(C)C)cc1C(F)(F)F. The first kappa shape index (κ1) is 33.7. The van der Waals surface area contributed by atoms with Crippen molar-refractivity contribution in [2.45, 2.75) is 115 Å². The third-order valence-corrected chi connectivity index (χ3v) is 7.56. The zero-order valence-corrected chi connectivity index (χ0v) is 25.2. The van der Waals surface area contributed by atoms with E-state index >= 15 is 0 Å². The molecule has 0 aromatic heterocycles. The predicted octanol–water partition coefficient (Wildman–Crippen LogP) is 6.68. The third-order valence-electron chi connectivity index (χ3n) is 6.40. The predicted molar refractivity (Wildman–Crippen MR) is 148 cm³/mol. The first-order valence-electron chi connectivity index (χ1n) is 13.5. The van der Waals surface area contributed by atoms with Gasteiger partial charge in [-0.1, -0.05) is 39.0 Å². The maximum absolute atomic E-state index is 13.8. The summed E-state index contributed by atoms with van der Waals surface area (Å²) in [7, 11) is 0. The van der Waals surface area contributed by atoms with Gasteiger partial charge in [-0.2, -0.15) is 13.2 Å². The standard InChI is InChI=1S/C28H42F3N3O5S/c1-8-9-10-11-12-13-16-40-21-15-14-19(17-20(21)28(29,30)31)22(35)32-33-23(36)27(7)18-38-26(5,6)34(27)24(37)39-25(2,3)4/h14-15,17H,8-13,16,18H2,1-7H3,(H,32,35)(H,33,36). The molecule has 1 saturated heterocycles. The minimum absolute atomic E-state index is 0.0486. The second kappa shape index (κ2) is 13.5. The van der Waals surface area contributed by atoms with E-state index < -0.39 is 46.5 Å². The molecule has 0 aliphatic carbocycles. The van der Waals surface area contributed by atoms with Gasteiger partial charge in [-0.05, 0) is 71.9 Å². The van der Waals surface area contributed by atoms with E-state index in [1.165, 1.54) is 19.1 Å². The Hall–Kier alpha value is -2.47. The van der Waals surface area contributed by atoms with Gasteiger partial charge in [-0.15, -0.1) is 11.8 Å². The van der Waals surface area contributed by atoms with E-state index in [-0.39, 0.29) is 17.1 Å². The number of thioether (sulfide) groups is 1. The van der Waals surface area contributed by atoms with E-state index in [1.54, 1.807) is 34.6 Å². The van der Waals surface area contributed by atoms with Crippen LogP contribution in [-0.2, 0) is 20.4 Å². The number of hydrazine groups is 1. The van der Waals surface area contributed by atoms with Crippen LogP contribution < -0.4 is 10.9 Å². The monoisotopic (exact) mass is 589 g/mol. The van der Waals surface area contributed by atoms with Gasteiger partial charge in [0.2, 0.25) is 0 Å². The van der Waals surface area contributed by atoms with Crippen LogP contribution in [0.3, 0.4) is 0 Å². The average Bonchev–Trinajstić information content (AvgIpc) is 3.09. The molecular formula is C28H42F3N3O5S. The number of ether oxygens (including phenoxy) is 2. The number of benzene rings is 1.